The van der Waals surface area contributed by atoms with Crippen LogP contribution in [0.3, 0.4) is 0 Å². The second-order valence-electron chi connectivity index (χ2n) is 5.09. The number of nitrogens with zero attached hydrogens (tertiary/aromatic N) is 2. The quantitative estimate of drug-likeness (QED) is 0.666. The molecule has 0 saturated heterocycles. The fraction of sp³-hybridized carbons (Fsp3) is 0.643. The molecule has 7 nitrogen and oxygen atoms in total. The molecular formula is C14H23N5O2. The maximum atomic E-state index is 12.0. The van der Waals surface area contributed by atoms with Gasteiger partial charge in [0, 0.05) is 25.8 Å². The fourth-order valence-corrected chi connectivity index (χ4v) is 1.80. The number of anilines is 2. The number of carbonyl (C=O) groups is 1. The zero-order valence-corrected chi connectivity index (χ0v) is 12.8. The van der Waals surface area contributed by atoms with Gasteiger partial charge in [-0.1, -0.05) is 0 Å². The van der Waals surface area contributed by atoms with E-state index >= 15 is 0 Å². The molecule has 0 bridgehead atoms. The molecule has 1 atom stereocenters. The maximum Gasteiger partial charge on any atom is 0.242 e. The summed E-state index contributed by atoms with van der Waals surface area (Å²) in [7, 11) is 1.79. The van der Waals surface area contributed by atoms with E-state index in [1.54, 1.807) is 13.1 Å². The number of hydrogen-bond acceptors (Lipinski definition) is 6. The van der Waals surface area contributed by atoms with Crippen LogP contribution in [0.5, 0.6) is 0 Å². The highest BCUT2D eigenvalue weighted by atomic mass is 16.5. The van der Waals surface area contributed by atoms with Gasteiger partial charge in [-0.15, -0.1) is 0 Å². The van der Waals surface area contributed by atoms with Gasteiger partial charge in [0.25, 0.3) is 0 Å². The van der Waals surface area contributed by atoms with E-state index in [9.17, 15) is 4.79 Å². The lowest BCUT2D eigenvalue weighted by molar-refractivity contribution is -0.121. The number of amides is 1. The summed E-state index contributed by atoms with van der Waals surface area (Å²) < 4.78 is 5.33. The van der Waals surface area contributed by atoms with Crippen molar-refractivity contribution in [3.8, 4) is 0 Å². The highest BCUT2D eigenvalue weighted by Gasteiger charge is 2.25. The molecule has 1 amide bonds. The van der Waals surface area contributed by atoms with Crippen LogP contribution in [0.15, 0.2) is 6.07 Å². The van der Waals surface area contributed by atoms with Crippen LogP contribution >= 0.6 is 0 Å². The molecule has 7 heteroatoms. The van der Waals surface area contributed by atoms with E-state index in [2.05, 4.69) is 25.9 Å². The predicted octanol–water partition coefficient (Wildman–Crippen LogP) is 1.13. The summed E-state index contributed by atoms with van der Waals surface area (Å²) >= 11 is 0. The molecule has 1 aliphatic carbocycles. The molecule has 21 heavy (non-hydrogen) atoms. The van der Waals surface area contributed by atoms with Crippen LogP contribution in [0, 0.1) is 0 Å². The van der Waals surface area contributed by atoms with Gasteiger partial charge in [-0.2, -0.15) is 0 Å². The van der Waals surface area contributed by atoms with Crippen molar-refractivity contribution in [2.45, 2.75) is 45.4 Å². The minimum atomic E-state index is -0.342. The Hall–Kier alpha value is -1.89. The zero-order chi connectivity index (χ0) is 15.2. The monoisotopic (exact) mass is 293 g/mol. The first-order chi connectivity index (χ1) is 10.1. The summed E-state index contributed by atoms with van der Waals surface area (Å²) in [5, 5.41) is 9.06. The molecule has 116 valence electrons. The summed E-state index contributed by atoms with van der Waals surface area (Å²) in [5.41, 5.74) is 0. The lowest BCUT2D eigenvalue weighted by Crippen LogP contribution is -2.38. The van der Waals surface area contributed by atoms with E-state index in [-0.39, 0.29) is 11.9 Å². The zero-order valence-electron chi connectivity index (χ0n) is 12.8. The van der Waals surface area contributed by atoms with Crippen LogP contribution in [-0.2, 0) is 16.1 Å². The smallest absolute Gasteiger partial charge is 0.242 e. The lowest BCUT2D eigenvalue weighted by Gasteiger charge is -2.15. The Labute approximate surface area is 124 Å². The van der Waals surface area contributed by atoms with E-state index in [1.165, 1.54) is 0 Å². The molecule has 0 aliphatic heterocycles. The van der Waals surface area contributed by atoms with Crippen molar-refractivity contribution < 1.29 is 9.53 Å². The molecule has 2 rings (SSSR count). The van der Waals surface area contributed by atoms with E-state index in [0.29, 0.717) is 36.7 Å². The largest absolute Gasteiger partial charge is 0.374 e. The van der Waals surface area contributed by atoms with Crippen molar-refractivity contribution >= 4 is 17.5 Å². The van der Waals surface area contributed by atoms with Crippen molar-refractivity contribution in [2.24, 2.45) is 0 Å². The first-order valence-corrected chi connectivity index (χ1v) is 7.32. The van der Waals surface area contributed by atoms with Gasteiger partial charge in [0.05, 0.1) is 0 Å². The van der Waals surface area contributed by atoms with Gasteiger partial charge < -0.3 is 20.7 Å². The minimum absolute atomic E-state index is 0.00604. The van der Waals surface area contributed by atoms with Crippen LogP contribution < -0.4 is 16.0 Å². The Morgan fingerprint density at radius 3 is 2.76 bits per heavy atom. The van der Waals surface area contributed by atoms with E-state index in [4.69, 9.17) is 4.74 Å². The fourth-order valence-electron chi connectivity index (χ4n) is 1.80. The number of ether oxygens (including phenoxy) is 1. The van der Waals surface area contributed by atoms with Crippen molar-refractivity contribution in [3.63, 3.8) is 0 Å². The molecule has 1 aliphatic rings. The third-order valence-corrected chi connectivity index (χ3v) is 3.15. The molecule has 0 radical (unpaired) electrons. The highest BCUT2D eigenvalue weighted by molar-refractivity contribution is 5.84. The van der Waals surface area contributed by atoms with Gasteiger partial charge in [0.1, 0.15) is 24.3 Å². The lowest BCUT2D eigenvalue weighted by atomic mass is 10.3. The maximum absolute atomic E-state index is 12.0. The Bertz CT molecular complexity index is 490. The summed E-state index contributed by atoms with van der Waals surface area (Å²) in [4.78, 5) is 20.6. The molecular weight excluding hydrogens is 270 g/mol. The summed E-state index contributed by atoms with van der Waals surface area (Å²) in [6, 6.07) is 1.79. The van der Waals surface area contributed by atoms with Crippen LogP contribution in [0.1, 0.15) is 32.5 Å². The van der Waals surface area contributed by atoms with Gasteiger partial charge in [-0.25, -0.2) is 9.97 Å². The Morgan fingerprint density at radius 2 is 2.14 bits per heavy atom. The first kappa shape index (κ1) is 15.5. The van der Waals surface area contributed by atoms with E-state index < -0.39 is 0 Å². The normalized spacial score (nSPS) is 15.4. The number of rotatable bonds is 8. The van der Waals surface area contributed by atoms with Gasteiger partial charge in [-0.3, -0.25) is 4.79 Å². The predicted molar refractivity (Wildman–Crippen MR) is 81.2 cm³/mol. The molecule has 0 aromatic carbocycles. The average molecular weight is 293 g/mol. The number of aromatic nitrogens is 2. The topological polar surface area (TPSA) is 88.2 Å². The molecule has 1 unspecified atom stereocenters. The van der Waals surface area contributed by atoms with Crippen molar-refractivity contribution in [2.75, 3.05) is 24.3 Å². The van der Waals surface area contributed by atoms with Gasteiger partial charge >= 0.3 is 0 Å². The molecule has 3 N–H and O–H groups in total. The van der Waals surface area contributed by atoms with Gasteiger partial charge in [-0.05, 0) is 26.7 Å². The highest BCUT2D eigenvalue weighted by Crippen LogP contribution is 2.19. The third kappa shape index (κ3) is 4.86. The standard InChI is InChI=1S/C14H23N5O2/c1-4-21-8-13-18-11(15-3)7-12(19-13)16-9(2)14(20)17-10-5-6-10/h7,9-10H,4-6,8H2,1-3H3,(H,17,20)(H2,15,16,18,19). The van der Waals surface area contributed by atoms with Gasteiger partial charge in [0.2, 0.25) is 5.91 Å². The summed E-state index contributed by atoms with van der Waals surface area (Å²) in [5.74, 6) is 1.88. The van der Waals surface area contributed by atoms with E-state index in [0.717, 1.165) is 12.8 Å². The molecule has 1 aromatic heterocycles. The number of carbonyl (C=O) groups excluding carboxylic acids is 1. The summed E-state index contributed by atoms with van der Waals surface area (Å²) in [6.07, 6.45) is 2.16. The van der Waals surface area contributed by atoms with E-state index in [1.807, 2.05) is 13.8 Å². The molecule has 1 saturated carbocycles. The van der Waals surface area contributed by atoms with Crippen LogP contribution in [0.2, 0.25) is 0 Å². The Morgan fingerprint density at radius 1 is 1.43 bits per heavy atom. The number of nitrogens with one attached hydrogen (secondary N) is 3. The second-order valence-corrected chi connectivity index (χ2v) is 5.09. The van der Waals surface area contributed by atoms with Crippen molar-refractivity contribution in [3.05, 3.63) is 11.9 Å². The third-order valence-electron chi connectivity index (χ3n) is 3.15. The van der Waals surface area contributed by atoms with Crippen LogP contribution in [0.4, 0.5) is 11.6 Å². The van der Waals surface area contributed by atoms with Crippen molar-refractivity contribution in [1.29, 1.82) is 0 Å². The average Bonchev–Trinajstić information content (AvgIpc) is 3.28. The van der Waals surface area contributed by atoms with Gasteiger partial charge in [0.15, 0.2) is 5.82 Å². The molecule has 1 fully saturated rings. The summed E-state index contributed by atoms with van der Waals surface area (Å²) in [6.45, 7) is 4.70. The molecule has 1 aromatic rings. The van der Waals surface area contributed by atoms with Crippen LogP contribution in [0.25, 0.3) is 0 Å². The van der Waals surface area contributed by atoms with Crippen molar-refractivity contribution in [1.82, 2.24) is 15.3 Å². The number of hydrogen-bond donors (Lipinski definition) is 3. The SMILES string of the molecule is CCOCc1nc(NC)cc(NC(C)C(=O)NC2CC2)n1. The molecule has 0 spiro atoms. The minimum Gasteiger partial charge on any atom is -0.374 e. The van der Waals surface area contributed by atoms with Crippen LogP contribution in [-0.4, -0.2) is 41.6 Å². The molecule has 1 heterocycles. The first-order valence-electron chi connectivity index (χ1n) is 7.32. The second kappa shape index (κ2) is 7.21. The Balaban J connectivity index is 2.00. The Kier molecular flexibility index (Phi) is 5.32.